The van der Waals surface area contributed by atoms with E-state index in [0.717, 1.165) is 12.3 Å². The lowest BCUT2D eigenvalue weighted by Gasteiger charge is -2.09. The summed E-state index contributed by atoms with van der Waals surface area (Å²) in [6.45, 7) is 2.90. The predicted octanol–water partition coefficient (Wildman–Crippen LogP) is 0.438. The lowest BCUT2D eigenvalue weighted by atomic mass is 10.1. The van der Waals surface area contributed by atoms with Crippen molar-refractivity contribution in [1.29, 1.82) is 0 Å². The van der Waals surface area contributed by atoms with E-state index in [-0.39, 0.29) is 17.7 Å². The van der Waals surface area contributed by atoms with Crippen molar-refractivity contribution in [3.05, 3.63) is 28.5 Å². The molecule has 1 aromatic carbocycles. The monoisotopic (exact) mass is 323 g/mol. The molecule has 0 aliphatic carbocycles. The van der Waals surface area contributed by atoms with Gasteiger partial charge < -0.3 is 5.21 Å². The lowest BCUT2D eigenvalue weighted by molar-refractivity contribution is -0.447. The molecular weight excluding hydrogens is 310 g/mol. The molecule has 0 heterocycles. The Labute approximate surface area is 116 Å². The Hall–Kier alpha value is -1.49. The van der Waals surface area contributed by atoms with Crippen molar-refractivity contribution in [2.24, 2.45) is 0 Å². The summed E-state index contributed by atoms with van der Waals surface area (Å²) < 4.78 is 63.2. The third-order valence-corrected chi connectivity index (χ3v) is 4.21. The van der Waals surface area contributed by atoms with Crippen molar-refractivity contribution in [2.45, 2.75) is 23.6 Å². The minimum Gasteiger partial charge on any atom is -0.624 e. The molecule has 8 nitrogen and oxygen atoms in total. The summed E-state index contributed by atoms with van der Waals surface area (Å²) in [7, 11) is -9.41. The number of hydrogen-bond donors (Lipinski definition) is 2. The van der Waals surface area contributed by atoms with Gasteiger partial charge in [0.25, 0.3) is 20.2 Å². The SMILES string of the molecule is CC/[N+]([O-])=C/c1c(C)cc(S(=O)(=O)O)cc1S(=O)(=O)O. The Kier molecular flexibility index (Phi) is 4.54. The second-order valence-corrected chi connectivity index (χ2v) is 6.78. The first kappa shape index (κ1) is 16.6. The molecule has 0 spiro atoms. The van der Waals surface area contributed by atoms with E-state index in [0.29, 0.717) is 10.8 Å². The maximum atomic E-state index is 11.3. The molecule has 2 N–H and O–H groups in total. The van der Waals surface area contributed by atoms with E-state index in [9.17, 15) is 22.0 Å². The average Bonchev–Trinajstić information content (AvgIpc) is 2.28. The summed E-state index contributed by atoms with van der Waals surface area (Å²) in [5.41, 5.74) is -0.0428. The second kappa shape index (κ2) is 5.48. The van der Waals surface area contributed by atoms with Gasteiger partial charge in [-0.25, -0.2) is 4.74 Å². The first-order valence-electron chi connectivity index (χ1n) is 5.35. The van der Waals surface area contributed by atoms with Crippen molar-refractivity contribution in [3.8, 4) is 0 Å². The number of hydroxylamine groups is 1. The quantitative estimate of drug-likeness (QED) is 0.270. The van der Waals surface area contributed by atoms with Crippen molar-refractivity contribution in [2.75, 3.05) is 6.54 Å². The molecule has 0 saturated carbocycles. The van der Waals surface area contributed by atoms with Crippen LogP contribution in [-0.2, 0) is 20.2 Å². The van der Waals surface area contributed by atoms with E-state index in [1.165, 1.54) is 13.8 Å². The van der Waals surface area contributed by atoms with Crippen LogP contribution in [-0.4, -0.2) is 43.4 Å². The zero-order valence-corrected chi connectivity index (χ0v) is 12.3. The van der Waals surface area contributed by atoms with Crippen LogP contribution in [0.15, 0.2) is 21.9 Å². The van der Waals surface area contributed by atoms with Crippen LogP contribution in [0.2, 0.25) is 0 Å². The van der Waals surface area contributed by atoms with Crippen molar-refractivity contribution in [1.82, 2.24) is 0 Å². The zero-order chi connectivity index (χ0) is 15.7. The molecule has 10 heteroatoms. The molecule has 0 bridgehead atoms. The van der Waals surface area contributed by atoms with E-state index in [1.54, 1.807) is 0 Å². The summed E-state index contributed by atoms with van der Waals surface area (Å²) in [4.78, 5) is -1.45. The molecular formula is C10H13NO7S2. The van der Waals surface area contributed by atoms with Gasteiger partial charge in [-0.2, -0.15) is 16.8 Å². The number of rotatable bonds is 4. The topological polar surface area (TPSA) is 135 Å². The van der Waals surface area contributed by atoms with Crippen LogP contribution in [0.3, 0.4) is 0 Å². The molecule has 0 amide bonds. The smallest absolute Gasteiger partial charge is 0.295 e. The van der Waals surface area contributed by atoms with Crippen LogP contribution >= 0.6 is 0 Å². The van der Waals surface area contributed by atoms with Crippen LogP contribution in [0.25, 0.3) is 0 Å². The maximum Gasteiger partial charge on any atom is 0.295 e. The first-order valence-corrected chi connectivity index (χ1v) is 8.23. The van der Waals surface area contributed by atoms with E-state index in [2.05, 4.69) is 0 Å². The first-order chi connectivity index (χ1) is 8.96. The molecule has 20 heavy (non-hydrogen) atoms. The summed E-state index contributed by atoms with van der Waals surface area (Å²) in [5.74, 6) is 0. The molecule has 1 aromatic rings. The van der Waals surface area contributed by atoms with Crippen molar-refractivity contribution >= 4 is 26.5 Å². The zero-order valence-electron chi connectivity index (χ0n) is 10.6. The van der Waals surface area contributed by atoms with Crippen LogP contribution < -0.4 is 0 Å². The number of benzene rings is 1. The Morgan fingerprint density at radius 1 is 1.20 bits per heavy atom. The standard InChI is InChI=1S/C10H13NO7S2/c1-3-11(12)6-9-7(2)4-8(19(13,14)15)5-10(9)20(16,17)18/h4-6H,3H2,1-2H3,(H,13,14,15)(H,16,17,18)/b11-6-. The van der Waals surface area contributed by atoms with E-state index >= 15 is 0 Å². The molecule has 0 unspecified atom stereocenters. The minimum atomic E-state index is -4.76. The predicted molar refractivity (Wildman–Crippen MR) is 70.1 cm³/mol. The van der Waals surface area contributed by atoms with Crippen LogP contribution in [0, 0.1) is 12.1 Å². The van der Waals surface area contributed by atoms with E-state index in [4.69, 9.17) is 9.11 Å². The van der Waals surface area contributed by atoms with Gasteiger partial charge in [0, 0.05) is 0 Å². The van der Waals surface area contributed by atoms with Crippen molar-refractivity contribution in [3.63, 3.8) is 0 Å². The molecule has 0 atom stereocenters. The normalized spacial score (nSPS) is 13.5. The van der Waals surface area contributed by atoms with Gasteiger partial charge in [-0.15, -0.1) is 0 Å². The number of aryl methyl sites for hydroxylation is 1. The Balaban J connectivity index is 3.79. The Morgan fingerprint density at radius 3 is 2.15 bits per heavy atom. The molecule has 0 aliphatic heterocycles. The minimum absolute atomic E-state index is 0.0321. The van der Waals surface area contributed by atoms with Gasteiger partial charge >= 0.3 is 0 Å². The van der Waals surface area contributed by atoms with Gasteiger partial charge in [0.05, 0.1) is 10.5 Å². The fourth-order valence-corrected chi connectivity index (χ4v) is 2.93. The van der Waals surface area contributed by atoms with Crippen LogP contribution in [0.4, 0.5) is 0 Å². The lowest BCUT2D eigenvalue weighted by Crippen LogP contribution is -2.12. The van der Waals surface area contributed by atoms with Crippen LogP contribution in [0.1, 0.15) is 18.1 Å². The van der Waals surface area contributed by atoms with Gasteiger partial charge in [-0.05, 0) is 31.5 Å². The van der Waals surface area contributed by atoms with Gasteiger partial charge in [0.1, 0.15) is 4.90 Å². The van der Waals surface area contributed by atoms with Crippen LogP contribution in [0.5, 0.6) is 0 Å². The molecule has 0 fully saturated rings. The number of nitrogens with zero attached hydrogens (tertiary/aromatic N) is 1. The Bertz CT molecular complexity index is 763. The third kappa shape index (κ3) is 3.76. The van der Waals surface area contributed by atoms with E-state index < -0.39 is 30.0 Å². The molecule has 0 radical (unpaired) electrons. The largest absolute Gasteiger partial charge is 0.624 e. The van der Waals surface area contributed by atoms with E-state index in [1.807, 2.05) is 0 Å². The maximum absolute atomic E-state index is 11.3. The fourth-order valence-electron chi connectivity index (χ4n) is 1.50. The molecule has 1 rings (SSSR count). The highest BCUT2D eigenvalue weighted by Crippen LogP contribution is 2.23. The van der Waals surface area contributed by atoms with Gasteiger partial charge in [0.2, 0.25) is 0 Å². The van der Waals surface area contributed by atoms with Crippen molar-refractivity contribution < 1.29 is 30.7 Å². The van der Waals surface area contributed by atoms with Gasteiger partial charge in [0.15, 0.2) is 12.8 Å². The second-order valence-electron chi connectivity index (χ2n) is 3.96. The summed E-state index contributed by atoms with van der Waals surface area (Å²) >= 11 is 0. The summed E-state index contributed by atoms with van der Waals surface area (Å²) in [6, 6.07) is 1.59. The molecule has 0 saturated heterocycles. The van der Waals surface area contributed by atoms with Gasteiger partial charge in [-0.1, -0.05) is 0 Å². The highest BCUT2D eigenvalue weighted by Gasteiger charge is 2.23. The third-order valence-electron chi connectivity index (χ3n) is 2.48. The summed E-state index contributed by atoms with van der Waals surface area (Å²) in [6.07, 6.45) is 0.923. The Morgan fingerprint density at radius 2 is 1.75 bits per heavy atom. The summed E-state index contributed by atoms with van der Waals surface area (Å²) in [5, 5.41) is 11.3. The molecule has 0 aromatic heterocycles. The molecule has 0 aliphatic rings. The average molecular weight is 323 g/mol. The number of hydrogen-bond acceptors (Lipinski definition) is 5. The van der Waals surface area contributed by atoms with Gasteiger partial charge in [-0.3, -0.25) is 9.11 Å². The fraction of sp³-hybridized carbons (Fsp3) is 0.300. The highest BCUT2D eigenvalue weighted by atomic mass is 32.2. The highest BCUT2D eigenvalue weighted by molar-refractivity contribution is 7.86. The molecule has 112 valence electrons.